The first-order valence-electron chi connectivity index (χ1n) is 2.27. The zero-order chi connectivity index (χ0) is 6.85. The highest BCUT2D eigenvalue weighted by Gasteiger charge is 1.95. The molecule has 0 aliphatic carbocycles. The number of carbonyl (C=O) groups excluding carboxylic acids is 1. The zero-order valence-electron chi connectivity index (χ0n) is 4.74. The van der Waals surface area contributed by atoms with Crippen LogP contribution >= 0.6 is 0 Å². The van der Waals surface area contributed by atoms with Gasteiger partial charge >= 0.3 is 0 Å². The third kappa shape index (κ3) is 1.04. The van der Waals surface area contributed by atoms with Gasteiger partial charge in [0.05, 0.1) is 0 Å². The van der Waals surface area contributed by atoms with Crippen LogP contribution in [0.15, 0.2) is 6.33 Å². The minimum atomic E-state index is -1.35. The molecule has 0 N–H and O–H groups in total. The Morgan fingerprint density at radius 3 is 2.78 bits per heavy atom. The molecule has 0 unspecified atom stereocenters. The third-order valence-electron chi connectivity index (χ3n) is 0.782. The topological polar surface area (TPSA) is 70.8 Å². The van der Waals surface area contributed by atoms with E-state index in [9.17, 15) is 9.90 Å². The smallest absolute Gasteiger partial charge is 0.196 e. The van der Waals surface area contributed by atoms with Crippen LogP contribution in [-0.2, 0) is 7.05 Å². The van der Waals surface area contributed by atoms with E-state index in [1.165, 1.54) is 11.0 Å². The predicted molar refractivity (Wildman–Crippen MR) is 25.3 cm³/mol. The summed E-state index contributed by atoms with van der Waals surface area (Å²) in [5, 5.41) is 13.4. The summed E-state index contributed by atoms with van der Waals surface area (Å²) in [6.45, 7) is 0. The highest BCUT2D eigenvalue weighted by molar-refractivity contribution is 5.80. The first-order valence-corrected chi connectivity index (χ1v) is 2.27. The Labute approximate surface area is 50.9 Å². The lowest BCUT2D eigenvalue weighted by Gasteiger charge is -1.89. The van der Waals surface area contributed by atoms with Crippen molar-refractivity contribution in [1.29, 1.82) is 0 Å². The highest BCUT2D eigenvalue weighted by Crippen LogP contribution is 1.82. The lowest BCUT2D eigenvalue weighted by atomic mass is 10.7. The number of aryl methyl sites for hydroxylation is 1. The monoisotopic (exact) mass is 126 g/mol. The first kappa shape index (κ1) is 5.74. The van der Waals surface area contributed by atoms with Gasteiger partial charge in [0.25, 0.3) is 0 Å². The molecule has 0 radical (unpaired) electrons. The van der Waals surface area contributed by atoms with Gasteiger partial charge in [-0.2, -0.15) is 0 Å². The number of rotatable bonds is 1. The Balaban J connectivity index is 2.98. The van der Waals surface area contributed by atoms with E-state index in [0.29, 0.717) is 0 Å². The maximum atomic E-state index is 9.96. The second-order valence-electron chi connectivity index (χ2n) is 1.53. The molecule has 0 fully saturated rings. The van der Waals surface area contributed by atoms with E-state index in [0.717, 1.165) is 0 Å². The van der Waals surface area contributed by atoms with Crippen molar-refractivity contribution < 1.29 is 9.90 Å². The molecule has 0 aliphatic heterocycles. The average molecular weight is 126 g/mol. The van der Waals surface area contributed by atoms with Crippen LogP contribution < -0.4 is 5.11 Å². The van der Waals surface area contributed by atoms with Crippen molar-refractivity contribution >= 4 is 5.97 Å². The van der Waals surface area contributed by atoms with E-state index in [1.54, 1.807) is 7.05 Å². The van der Waals surface area contributed by atoms with Crippen LogP contribution in [0.3, 0.4) is 0 Å². The van der Waals surface area contributed by atoms with Crippen LogP contribution in [0.5, 0.6) is 0 Å². The molecule has 0 aromatic carbocycles. The van der Waals surface area contributed by atoms with Gasteiger partial charge in [-0.05, 0) is 0 Å². The van der Waals surface area contributed by atoms with Crippen LogP contribution in [0.25, 0.3) is 0 Å². The van der Waals surface area contributed by atoms with Gasteiger partial charge in [0, 0.05) is 7.05 Å². The summed E-state index contributed by atoms with van der Waals surface area (Å²) in [6.07, 6.45) is 1.30. The Morgan fingerprint density at radius 1 is 1.89 bits per heavy atom. The second kappa shape index (κ2) is 1.85. The molecule has 1 heterocycles. The standard InChI is InChI=1S/C4H5N3O2/c1-7-2-5-3(6-7)4(8)9/h2H,1H3,(H,8,9)/p-1. The van der Waals surface area contributed by atoms with Gasteiger partial charge < -0.3 is 9.90 Å². The second-order valence-corrected chi connectivity index (χ2v) is 1.53. The summed E-state index contributed by atoms with van der Waals surface area (Å²) in [4.78, 5) is 13.4. The maximum Gasteiger partial charge on any atom is 0.196 e. The SMILES string of the molecule is Cn1cnc(C(=O)[O-])n1. The molecule has 0 amide bonds. The molecule has 0 atom stereocenters. The van der Waals surface area contributed by atoms with Gasteiger partial charge in [-0.3, -0.25) is 4.68 Å². The Kier molecular flexibility index (Phi) is 1.18. The van der Waals surface area contributed by atoms with Gasteiger partial charge in [0.1, 0.15) is 12.3 Å². The van der Waals surface area contributed by atoms with Crippen molar-refractivity contribution in [1.82, 2.24) is 14.8 Å². The number of aromatic carboxylic acids is 1. The normalized spacial score (nSPS) is 9.44. The van der Waals surface area contributed by atoms with Gasteiger partial charge in [-0.25, -0.2) is 4.98 Å². The molecule has 1 aromatic rings. The van der Waals surface area contributed by atoms with E-state index in [-0.39, 0.29) is 5.82 Å². The zero-order valence-corrected chi connectivity index (χ0v) is 4.74. The fourth-order valence-corrected chi connectivity index (χ4v) is 0.433. The Morgan fingerprint density at radius 2 is 2.56 bits per heavy atom. The summed E-state index contributed by atoms with van der Waals surface area (Å²) >= 11 is 0. The molecule has 5 heteroatoms. The molecule has 0 aliphatic rings. The Hall–Kier alpha value is -1.39. The number of hydrogen-bond donors (Lipinski definition) is 0. The summed E-state index contributed by atoms with van der Waals surface area (Å²) in [5.41, 5.74) is 0. The number of nitrogens with zero attached hydrogens (tertiary/aromatic N) is 3. The fourth-order valence-electron chi connectivity index (χ4n) is 0.433. The van der Waals surface area contributed by atoms with Crippen LogP contribution in [0.2, 0.25) is 0 Å². The molecular weight excluding hydrogens is 122 g/mol. The Bertz CT molecular complexity index is 229. The molecule has 1 aromatic heterocycles. The summed E-state index contributed by atoms with van der Waals surface area (Å²) in [5.74, 6) is -1.63. The average Bonchev–Trinajstić information content (AvgIpc) is 2.14. The van der Waals surface area contributed by atoms with E-state index < -0.39 is 5.97 Å². The van der Waals surface area contributed by atoms with Gasteiger partial charge in [-0.15, -0.1) is 5.10 Å². The van der Waals surface area contributed by atoms with Gasteiger partial charge in [0.2, 0.25) is 0 Å². The van der Waals surface area contributed by atoms with E-state index in [4.69, 9.17) is 0 Å². The van der Waals surface area contributed by atoms with Crippen molar-refractivity contribution in [2.24, 2.45) is 7.05 Å². The predicted octanol–water partition coefficient (Wildman–Crippen LogP) is -1.82. The van der Waals surface area contributed by atoms with Crippen molar-refractivity contribution in [2.45, 2.75) is 0 Å². The summed E-state index contributed by atoms with van der Waals surface area (Å²) in [7, 11) is 1.58. The molecule has 48 valence electrons. The largest absolute Gasteiger partial charge is 0.541 e. The molecule has 0 saturated carbocycles. The van der Waals surface area contributed by atoms with Crippen molar-refractivity contribution in [2.75, 3.05) is 0 Å². The number of carbonyl (C=O) groups is 1. The van der Waals surface area contributed by atoms with Crippen LogP contribution in [-0.4, -0.2) is 20.7 Å². The van der Waals surface area contributed by atoms with E-state index in [2.05, 4.69) is 10.1 Å². The molecule has 0 saturated heterocycles. The fraction of sp³-hybridized carbons (Fsp3) is 0.250. The summed E-state index contributed by atoms with van der Waals surface area (Å²) < 4.78 is 1.30. The van der Waals surface area contributed by atoms with Crippen molar-refractivity contribution in [3.05, 3.63) is 12.2 Å². The van der Waals surface area contributed by atoms with Gasteiger partial charge in [-0.1, -0.05) is 0 Å². The molecule has 0 spiro atoms. The van der Waals surface area contributed by atoms with Crippen LogP contribution in [0.4, 0.5) is 0 Å². The minimum Gasteiger partial charge on any atom is -0.541 e. The maximum absolute atomic E-state index is 9.96. The highest BCUT2D eigenvalue weighted by atomic mass is 16.4. The third-order valence-corrected chi connectivity index (χ3v) is 0.782. The number of carboxylic acid groups (broad SMARTS) is 1. The molecule has 9 heavy (non-hydrogen) atoms. The van der Waals surface area contributed by atoms with Gasteiger partial charge in [0.15, 0.2) is 5.82 Å². The van der Waals surface area contributed by atoms with Crippen LogP contribution in [0, 0.1) is 0 Å². The molecule has 1 rings (SSSR count). The first-order chi connectivity index (χ1) is 4.20. The van der Waals surface area contributed by atoms with E-state index >= 15 is 0 Å². The molecule has 5 nitrogen and oxygen atoms in total. The molecular formula is C4H4N3O2-. The van der Waals surface area contributed by atoms with E-state index in [1.807, 2.05) is 0 Å². The van der Waals surface area contributed by atoms with Crippen LogP contribution in [0.1, 0.15) is 10.6 Å². The van der Waals surface area contributed by atoms with Crippen molar-refractivity contribution in [3.8, 4) is 0 Å². The molecule has 0 bridgehead atoms. The lowest BCUT2D eigenvalue weighted by Crippen LogP contribution is -2.23. The number of aromatic nitrogens is 3. The number of hydrogen-bond acceptors (Lipinski definition) is 4. The minimum absolute atomic E-state index is 0.280. The quantitative estimate of drug-likeness (QED) is 0.444. The number of carboxylic acids is 1. The van der Waals surface area contributed by atoms with Crippen molar-refractivity contribution in [3.63, 3.8) is 0 Å². The summed E-state index contributed by atoms with van der Waals surface area (Å²) in [6, 6.07) is 0. The lowest BCUT2D eigenvalue weighted by molar-refractivity contribution is -0.256.